The van der Waals surface area contributed by atoms with Gasteiger partial charge in [0.05, 0.1) is 6.07 Å². The lowest BCUT2D eigenvalue weighted by Crippen LogP contribution is -2.18. The number of aromatic nitrogens is 2. The molecule has 0 aliphatic carbocycles. The molecular formula is C12H19N3O3S. The van der Waals surface area contributed by atoms with Gasteiger partial charge >= 0.3 is 0 Å². The van der Waals surface area contributed by atoms with E-state index in [0.29, 0.717) is 18.7 Å². The van der Waals surface area contributed by atoms with Gasteiger partial charge in [0.25, 0.3) is 0 Å². The lowest BCUT2D eigenvalue weighted by Gasteiger charge is -2.22. The van der Waals surface area contributed by atoms with Gasteiger partial charge in [-0.3, -0.25) is 0 Å². The maximum atomic E-state index is 11.4. The Labute approximate surface area is 113 Å². The van der Waals surface area contributed by atoms with Crippen LogP contribution >= 0.6 is 0 Å². The molecule has 1 aromatic heterocycles. The van der Waals surface area contributed by atoms with E-state index in [1.807, 2.05) is 13.8 Å². The minimum absolute atomic E-state index is 0.174. The molecule has 0 aliphatic rings. The molecule has 2 atom stereocenters. The van der Waals surface area contributed by atoms with Gasteiger partial charge in [0, 0.05) is 19.1 Å². The van der Waals surface area contributed by atoms with E-state index in [9.17, 15) is 8.42 Å². The van der Waals surface area contributed by atoms with Crippen LogP contribution in [0.15, 0.2) is 4.52 Å². The number of nitrogens with zero attached hydrogens (tertiary/aromatic N) is 3. The summed E-state index contributed by atoms with van der Waals surface area (Å²) in [7, 11) is -3.24. The van der Waals surface area contributed by atoms with E-state index < -0.39 is 15.1 Å². The highest BCUT2D eigenvalue weighted by Crippen LogP contribution is 2.30. The molecule has 0 saturated heterocycles. The molecule has 0 N–H and O–H groups in total. The summed E-state index contributed by atoms with van der Waals surface area (Å²) in [6.45, 7) is 5.49. The van der Waals surface area contributed by atoms with Crippen LogP contribution in [0.3, 0.4) is 0 Å². The summed E-state index contributed by atoms with van der Waals surface area (Å²) in [6, 6.07) is 2.15. The summed E-state index contributed by atoms with van der Waals surface area (Å²) in [5, 5.41) is 11.7. The summed E-state index contributed by atoms with van der Waals surface area (Å²) in [6.07, 6.45) is 2.81. The Morgan fingerprint density at radius 1 is 1.53 bits per heavy atom. The Kier molecular flexibility index (Phi) is 4.69. The molecule has 106 valence electrons. The molecule has 0 amide bonds. The average molecular weight is 285 g/mol. The number of nitriles is 1. The molecule has 7 heteroatoms. The summed E-state index contributed by atoms with van der Waals surface area (Å²) < 4.78 is 27.9. The molecule has 0 aromatic carbocycles. The summed E-state index contributed by atoms with van der Waals surface area (Å²) in [5.41, 5.74) is -0.229. The highest BCUT2D eigenvalue weighted by molar-refractivity contribution is 7.90. The van der Waals surface area contributed by atoms with E-state index in [2.05, 4.69) is 16.2 Å². The van der Waals surface area contributed by atoms with Crippen LogP contribution < -0.4 is 0 Å². The van der Waals surface area contributed by atoms with Crippen LogP contribution in [-0.2, 0) is 16.3 Å². The summed E-state index contributed by atoms with van der Waals surface area (Å²) >= 11 is 0. The van der Waals surface area contributed by atoms with Crippen LogP contribution in [0.5, 0.6) is 0 Å². The second kappa shape index (κ2) is 5.70. The van der Waals surface area contributed by atoms with Gasteiger partial charge in [0.1, 0.15) is 5.25 Å². The lowest BCUT2D eigenvalue weighted by molar-refractivity contribution is 0.265. The van der Waals surface area contributed by atoms with Crippen molar-refractivity contribution in [3.63, 3.8) is 0 Å². The number of hydrogen-bond acceptors (Lipinski definition) is 6. The second-order valence-electron chi connectivity index (χ2n) is 5.19. The third kappa shape index (κ3) is 4.03. The summed E-state index contributed by atoms with van der Waals surface area (Å²) in [4.78, 5) is 4.13. The molecule has 0 aliphatic heterocycles. The van der Waals surface area contributed by atoms with Gasteiger partial charge in [-0.2, -0.15) is 10.2 Å². The van der Waals surface area contributed by atoms with E-state index in [4.69, 9.17) is 9.78 Å². The molecular weight excluding hydrogens is 266 g/mol. The third-order valence-corrected chi connectivity index (χ3v) is 4.92. The largest absolute Gasteiger partial charge is 0.339 e. The van der Waals surface area contributed by atoms with Crippen LogP contribution in [0.2, 0.25) is 0 Å². The topological polar surface area (TPSA) is 96.8 Å². The molecule has 1 aromatic rings. The Morgan fingerprint density at radius 3 is 2.63 bits per heavy atom. The van der Waals surface area contributed by atoms with Gasteiger partial charge in [-0.1, -0.05) is 19.0 Å². The van der Waals surface area contributed by atoms with Crippen molar-refractivity contribution in [3.8, 4) is 6.07 Å². The Hall–Kier alpha value is -1.42. The van der Waals surface area contributed by atoms with Crippen LogP contribution in [0.25, 0.3) is 0 Å². The van der Waals surface area contributed by atoms with Crippen molar-refractivity contribution in [1.82, 2.24) is 10.1 Å². The van der Waals surface area contributed by atoms with Crippen molar-refractivity contribution in [2.45, 2.75) is 45.3 Å². The number of sulfone groups is 1. The predicted molar refractivity (Wildman–Crippen MR) is 69.9 cm³/mol. The van der Waals surface area contributed by atoms with E-state index in [-0.39, 0.29) is 11.2 Å². The first-order valence-corrected chi connectivity index (χ1v) is 8.05. The maximum Gasteiger partial charge on any atom is 0.227 e. The highest BCUT2D eigenvalue weighted by Gasteiger charge is 2.28. The van der Waals surface area contributed by atoms with Crippen molar-refractivity contribution in [3.05, 3.63) is 11.7 Å². The van der Waals surface area contributed by atoms with Gasteiger partial charge in [0.2, 0.25) is 5.89 Å². The lowest BCUT2D eigenvalue weighted by atomic mass is 9.81. The predicted octanol–water partition coefficient (Wildman–Crippen LogP) is 2.05. The zero-order valence-corrected chi connectivity index (χ0v) is 12.5. The molecule has 0 spiro atoms. The molecule has 1 heterocycles. The molecule has 0 bridgehead atoms. The van der Waals surface area contributed by atoms with E-state index in [1.165, 1.54) is 6.92 Å². The zero-order valence-electron chi connectivity index (χ0n) is 11.7. The fourth-order valence-electron chi connectivity index (χ4n) is 1.56. The molecule has 0 radical (unpaired) electrons. The maximum absolute atomic E-state index is 11.4. The van der Waals surface area contributed by atoms with E-state index >= 15 is 0 Å². The standard InChI is InChI=1S/C12H19N3O3S/c1-5-12(3,6-7-13)8-10-14-11(15-18-10)9(2)19(4,16)17/h9H,5-6,8H2,1-4H3. The molecule has 19 heavy (non-hydrogen) atoms. The molecule has 2 unspecified atom stereocenters. The van der Waals surface area contributed by atoms with Gasteiger partial charge in [-0.15, -0.1) is 0 Å². The first-order chi connectivity index (χ1) is 8.72. The van der Waals surface area contributed by atoms with Gasteiger partial charge in [0.15, 0.2) is 15.7 Å². The highest BCUT2D eigenvalue weighted by atomic mass is 32.2. The first-order valence-electron chi connectivity index (χ1n) is 6.10. The van der Waals surface area contributed by atoms with E-state index in [1.54, 1.807) is 0 Å². The van der Waals surface area contributed by atoms with Gasteiger partial charge in [-0.25, -0.2) is 8.42 Å². The summed E-state index contributed by atoms with van der Waals surface area (Å²) in [5.74, 6) is 0.554. The number of rotatable bonds is 6. The molecule has 0 fully saturated rings. The van der Waals surface area contributed by atoms with Crippen molar-refractivity contribution < 1.29 is 12.9 Å². The minimum Gasteiger partial charge on any atom is -0.339 e. The molecule has 1 rings (SSSR count). The van der Waals surface area contributed by atoms with Crippen LogP contribution in [0.4, 0.5) is 0 Å². The van der Waals surface area contributed by atoms with Crippen molar-refractivity contribution >= 4 is 9.84 Å². The monoisotopic (exact) mass is 285 g/mol. The molecule has 6 nitrogen and oxygen atoms in total. The molecule has 0 saturated carbocycles. The van der Waals surface area contributed by atoms with Crippen molar-refractivity contribution in [2.75, 3.05) is 6.26 Å². The number of hydrogen-bond donors (Lipinski definition) is 0. The second-order valence-corrected chi connectivity index (χ2v) is 7.56. The Balaban J connectivity index is 2.90. The SMILES string of the molecule is CCC(C)(CC#N)Cc1nc(C(C)S(C)(=O)=O)no1. The Bertz CT molecular complexity index is 573. The fourth-order valence-corrected chi connectivity index (χ4v) is 2.04. The van der Waals surface area contributed by atoms with Crippen LogP contribution in [0, 0.1) is 16.7 Å². The Morgan fingerprint density at radius 2 is 2.16 bits per heavy atom. The van der Waals surface area contributed by atoms with Gasteiger partial charge in [-0.05, 0) is 18.8 Å². The smallest absolute Gasteiger partial charge is 0.227 e. The van der Waals surface area contributed by atoms with Crippen molar-refractivity contribution in [1.29, 1.82) is 5.26 Å². The van der Waals surface area contributed by atoms with Crippen LogP contribution in [0.1, 0.15) is 50.6 Å². The zero-order chi connectivity index (χ0) is 14.7. The quantitative estimate of drug-likeness (QED) is 0.793. The third-order valence-electron chi connectivity index (χ3n) is 3.43. The van der Waals surface area contributed by atoms with Gasteiger partial charge < -0.3 is 4.52 Å². The van der Waals surface area contributed by atoms with Crippen molar-refractivity contribution in [2.24, 2.45) is 5.41 Å². The van der Waals surface area contributed by atoms with Crippen LogP contribution in [-0.4, -0.2) is 24.8 Å². The normalized spacial score (nSPS) is 16.6. The average Bonchev–Trinajstić information content (AvgIpc) is 2.75. The van der Waals surface area contributed by atoms with E-state index in [0.717, 1.165) is 12.7 Å². The minimum atomic E-state index is -3.24. The fraction of sp³-hybridized carbons (Fsp3) is 0.750. The first kappa shape index (κ1) is 15.6.